The van der Waals surface area contributed by atoms with Crippen LogP contribution in [-0.4, -0.2) is 29.0 Å². The molecule has 2 heterocycles. The molecule has 0 saturated carbocycles. The van der Waals surface area contributed by atoms with Gasteiger partial charge in [-0.1, -0.05) is 24.3 Å². The molecule has 1 aromatic carbocycles. The van der Waals surface area contributed by atoms with Gasteiger partial charge in [0.2, 0.25) is 0 Å². The van der Waals surface area contributed by atoms with Gasteiger partial charge in [-0.3, -0.25) is 4.98 Å². The predicted octanol–water partition coefficient (Wildman–Crippen LogP) is 3.48. The van der Waals surface area contributed by atoms with Gasteiger partial charge < -0.3 is 15.6 Å². The van der Waals surface area contributed by atoms with Crippen molar-refractivity contribution in [1.82, 2.24) is 20.6 Å². The van der Waals surface area contributed by atoms with Crippen LogP contribution < -0.4 is 10.6 Å². The van der Waals surface area contributed by atoms with Crippen molar-refractivity contribution >= 4 is 16.9 Å². The number of hydrogen-bond acceptors (Lipinski definition) is 2. The summed E-state index contributed by atoms with van der Waals surface area (Å²) in [7, 11) is 0. The first-order valence-corrected chi connectivity index (χ1v) is 9.18. The molecule has 136 valence electrons. The lowest BCUT2D eigenvalue weighted by molar-refractivity contribution is 0.795. The minimum atomic E-state index is 0.577. The first kappa shape index (κ1) is 18.0. The van der Waals surface area contributed by atoms with E-state index in [0.717, 1.165) is 31.2 Å². The summed E-state index contributed by atoms with van der Waals surface area (Å²) < 4.78 is 0. The Morgan fingerprint density at radius 2 is 1.96 bits per heavy atom. The van der Waals surface area contributed by atoms with Gasteiger partial charge in [-0.25, -0.2) is 4.99 Å². The average molecular weight is 349 g/mol. The van der Waals surface area contributed by atoms with Gasteiger partial charge in [-0.05, 0) is 50.5 Å². The zero-order valence-electron chi connectivity index (χ0n) is 15.8. The normalized spacial score (nSPS) is 11.7. The fourth-order valence-corrected chi connectivity index (χ4v) is 3.14. The number of para-hydroxylation sites is 1. The molecule has 2 aromatic heterocycles. The van der Waals surface area contributed by atoms with Crippen molar-refractivity contribution in [3.05, 3.63) is 65.1 Å². The minimum absolute atomic E-state index is 0.577. The molecule has 5 nitrogen and oxygen atoms in total. The zero-order chi connectivity index (χ0) is 18.4. The first-order chi connectivity index (χ1) is 12.7. The molecule has 0 amide bonds. The molecule has 0 spiro atoms. The fourth-order valence-electron chi connectivity index (χ4n) is 3.14. The molecule has 0 aliphatic carbocycles. The molecule has 0 fully saturated rings. The van der Waals surface area contributed by atoms with Crippen molar-refractivity contribution < 1.29 is 0 Å². The number of nitrogens with zero attached hydrogens (tertiary/aromatic N) is 2. The standard InChI is InChI=1S/C21H27N5/c1-4-22-21(25-14-20-15(2)8-7-12-23-20)24-13-11-17-16(3)26-19-10-6-5-9-18(17)19/h5-10,12,26H,4,11,13-14H2,1-3H3,(H2,22,24,25). The Kier molecular flexibility index (Phi) is 5.89. The quantitative estimate of drug-likeness (QED) is 0.471. The topological polar surface area (TPSA) is 65.1 Å². The number of rotatable bonds is 6. The summed E-state index contributed by atoms with van der Waals surface area (Å²) in [6.07, 6.45) is 2.76. The van der Waals surface area contributed by atoms with E-state index in [1.54, 1.807) is 0 Å². The zero-order valence-corrected chi connectivity index (χ0v) is 15.8. The summed E-state index contributed by atoms with van der Waals surface area (Å²) in [4.78, 5) is 12.5. The smallest absolute Gasteiger partial charge is 0.191 e. The number of fused-ring (bicyclic) bond motifs is 1. The Morgan fingerprint density at radius 1 is 1.12 bits per heavy atom. The van der Waals surface area contributed by atoms with Crippen molar-refractivity contribution in [1.29, 1.82) is 0 Å². The lowest BCUT2D eigenvalue weighted by Crippen LogP contribution is -2.38. The number of aryl methyl sites for hydroxylation is 2. The summed E-state index contributed by atoms with van der Waals surface area (Å²) in [6, 6.07) is 12.5. The number of aliphatic imine (C=N–C) groups is 1. The molecule has 0 radical (unpaired) electrons. The maximum Gasteiger partial charge on any atom is 0.191 e. The third-order valence-electron chi connectivity index (χ3n) is 4.54. The number of benzene rings is 1. The van der Waals surface area contributed by atoms with E-state index < -0.39 is 0 Å². The molecular formula is C21H27N5. The molecule has 3 rings (SSSR count). The van der Waals surface area contributed by atoms with Gasteiger partial charge in [0.1, 0.15) is 0 Å². The van der Waals surface area contributed by atoms with Crippen LogP contribution in [0.2, 0.25) is 0 Å². The highest BCUT2D eigenvalue weighted by Gasteiger charge is 2.08. The van der Waals surface area contributed by atoms with Crippen LogP contribution in [0.1, 0.15) is 29.4 Å². The Hall–Kier alpha value is -2.82. The number of H-pyrrole nitrogens is 1. The van der Waals surface area contributed by atoms with Crippen molar-refractivity contribution in [2.45, 2.75) is 33.7 Å². The highest BCUT2D eigenvalue weighted by Crippen LogP contribution is 2.21. The van der Waals surface area contributed by atoms with E-state index in [-0.39, 0.29) is 0 Å². The van der Waals surface area contributed by atoms with Crippen molar-refractivity contribution in [2.75, 3.05) is 13.1 Å². The molecule has 0 aliphatic heterocycles. The second-order valence-electron chi connectivity index (χ2n) is 6.41. The summed E-state index contributed by atoms with van der Waals surface area (Å²) >= 11 is 0. The van der Waals surface area contributed by atoms with Crippen molar-refractivity contribution in [3.63, 3.8) is 0 Å². The number of nitrogens with one attached hydrogen (secondary N) is 3. The van der Waals surface area contributed by atoms with Gasteiger partial charge >= 0.3 is 0 Å². The SMILES string of the molecule is CCNC(=NCc1ncccc1C)NCCc1c(C)[nH]c2ccccc12. The number of aromatic amines is 1. The maximum absolute atomic E-state index is 4.67. The fraction of sp³-hybridized carbons (Fsp3) is 0.333. The van der Waals surface area contributed by atoms with Gasteiger partial charge in [0.25, 0.3) is 0 Å². The number of guanidine groups is 1. The third kappa shape index (κ3) is 4.23. The second kappa shape index (κ2) is 8.52. The summed E-state index contributed by atoms with van der Waals surface area (Å²) in [5.74, 6) is 0.829. The molecule has 0 saturated heterocycles. The first-order valence-electron chi connectivity index (χ1n) is 9.18. The number of aromatic nitrogens is 2. The van der Waals surface area contributed by atoms with E-state index in [1.807, 2.05) is 12.3 Å². The second-order valence-corrected chi connectivity index (χ2v) is 6.41. The highest BCUT2D eigenvalue weighted by atomic mass is 15.2. The van der Waals surface area contributed by atoms with E-state index in [1.165, 1.54) is 27.7 Å². The van der Waals surface area contributed by atoms with Gasteiger partial charge in [-0.2, -0.15) is 0 Å². The number of pyridine rings is 1. The van der Waals surface area contributed by atoms with Crippen LogP contribution in [-0.2, 0) is 13.0 Å². The molecule has 0 unspecified atom stereocenters. The largest absolute Gasteiger partial charge is 0.358 e. The maximum atomic E-state index is 4.67. The van der Waals surface area contributed by atoms with Crippen LogP contribution in [0.3, 0.4) is 0 Å². The van der Waals surface area contributed by atoms with E-state index in [4.69, 9.17) is 0 Å². The summed E-state index contributed by atoms with van der Waals surface area (Å²) in [5.41, 5.74) is 5.98. The molecule has 26 heavy (non-hydrogen) atoms. The third-order valence-corrected chi connectivity index (χ3v) is 4.54. The lowest BCUT2D eigenvalue weighted by Gasteiger charge is -2.12. The lowest BCUT2D eigenvalue weighted by atomic mass is 10.1. The Balaban J connectivity index is 1.64. The van der Waals surface area contributed by atoms with Gasteiger partial charge in [0.15, 0.2) is 5.96 Å². The van der Waals surface area contributed by atoms with E-state index in [0.29, 0.717) is 6.54 Å². The van der Waals surface area contributed by atoms with Crippen LogP contribution in [0.4, 0.5) is 0 Å². The van der Waals surface area contributed by atoms with Gasteiger partial charge in [0.05, 0.1) is 12.2 Å². The van der Waals surface area contributed by atoms with Gasteiger partial charge in [-0.15, -0.1) is 0 Å². The van der Waals surface area contributed by atoms with Crippen molar-refractivity contribution in [2.24, 2.45) is 4.99 Å². The Bertz CT molecular complexity index is 894. The van der Waals surface area contributed by atoms with E-state index >= 15 is 0 Å². The summed E-state index contributed by atoms with van der Waals surface area (Å²) in [5, 5.41) is 8.05. The molecular weight excluding hydrogens is 322 g/mol. The van der Waals surface area contributed by atoms with Crippen LogP contribution in [0.5, 0.6) is 0 Å². The Labute approximate surface area is 155 Å². The molecule has 5 heteroatoms. The van der Waals surface area contributed by atoms with Gasteiger partial charge in [0, 0.05) is 35.9 Å². The number of hydrogen-bond donors (Lipinski definition) is 3. The minimum Gasteiger partial charge on any atom is -0.358 e. The van der Waals surface area contributed by atoms with Crippen LogP contribution in [0.25, 0.3) is 10.9 Å². The molecule has 0 atom stereocenters. The van der Waals surface area contributed by atoms with Crippen LogP contribution >= 0.6 is 0 Å². The molecule has 0 bridgehead atoms. The van der Waals surface area contributed by atoms with Crippen molar-refractivity contribution in [3.8, 4) is 0 Å². The van der Waals surface area contributed by atoms with E-state index in [2.05, 4.69) is 76.7 Å². The predicted molar refractivity (Wildman–Crippen MR) is 109 cm³/mol. The molecule has 0 aliphatic rings. The van der Waals surface area contributed by atoms with E-state index in [9.17, 15) is 0 Å². The average Bonchev–Trinajstić information content (AvgIpc) is 2.96. The van der Waals surface area contributed by atoms with Crippen LogP contribution in [0.15, 0.2) is 47.6 Å². The molecule has 3 N–H and O–H groups in total. The molecule has 3 aromatic rings. The Morgan fingerprint density at radius 3 is 2.77 bits per heavy atom. The van der Waals surface area contributed by atoms with Crippen LogP contribution in [0, 0.1) is 13.8 Å². The highest BCUT2D eigenvalue weighted by molar-refractivity contribution is 5.84. The monoisotopic (exact) mass is 349 g/mol. The summed E-state index contributed by atoms with van der Waals surface area (Å²) in [6.45, 7) is 8.52.